The Morgan fingerprint density at radius 1 is 1.37 bits per heavy atom. The Hall–Kier alpha value is -2.14. The molecule has 1 amide bonds. The van der Waals surface area contributed by atoms with Gasteiger partial charge in [-0.25, -0.2) is 0 Å². The number of aromatic nitrogens is 2. The van der Waals surface area contributed by atoms with Crippen LogP contribution < -0.4 is 5.32 Å². The first kappa shape index (κ1) is 11.9. The van der Waals surface area contributed by atoms with E-state index in [0.29, 0.717) is 12.1 Å². The Morgan fingerprint density at radius 2 is 2.32 bits per heavy atom. The molecule has 0 fully saturated rings. The zero-order valence-electron chi connectivity index (χ0n) is 10.2. The number of thiophene rings is 1. The molecule has 5 heteroatoms. The number of fused-ring (bicyclic) bond motifs is 1. The Balaban J connectivity index is 1.63. The Morgan fingerprint density at radius 3 is 3.16 bits per heavy atom. The number of amides is 1. The van der Waals surface area contributed by atoms with Crippen LogP contribution in [0.25, 0.3) is 10.9 Å². The molecule has 0 atom stereocenters. The predicted molar refractivity (Wildman–Crippen MR) is 76.4 cm³/mol. The van der Waals surface area contributed by atoms with Gasteiger partial charge in [0.1, 0.15) is 0 Å². The summed E-state index contributed by atoms with van der Waals surface area (Å²) < 4.78 is 0. The van der Waals surface area contributed by atoms with E-state index in [-0.39, 0.29) is 5.91 Å². The minimum absolute atomic E-state index is 0.0481. The van der Waals surface area contributed by atoms with E-state index in [9.17, 15) is 4.79 Å². The molecule has 2 N–H and O–H groups in total. The Labute approximate surface area is 114 Å². The van der Waals surface area contributed by atoms with E-state index >= 15 is 0 Å². The van der Waals surface area contributed by atoms with E-state index in [4.69, 9.17) is 0 Å². The van der Waals surface area contributed by atoms with Crippen molar-refractivity contribution in [1.82, 2.24) is 15.5 Å². The number of carbonyl (C=O) groups is 1. The van der Waals surface area contributed by atoms with Crippen LogP contribution in [0.5, 0.6) is 0 Å². The number of nitrogens with zero attached hydrogens (tertiary/aromatic N) is 1. The molecule has 0 aliphatic carbocycles. The number of nitrogens with one attached hydrogen (secondary N) is 2. The normalized spacial score (nSPS) is 10.7. The van der Waals surface area contributed by atoms with Crippen LogP contribution in [0.2, 0.25) is 0 Å². The topological polar surface area (TPSA) is 57.8 Å². The van der Waals surface area contributed by atoms with Crippen LogP contribution in [0.3, 0.4) is 0 Å². The fourth-order valence-electron chi connectivity index (χ4n) is 1.93. The Bertz CT molecular complexity index is 688. The van der Waals surface area contributed by atoms with Crippen LogP contribution in [-0.2, 0) is 6.42 Å². The van der Waals surface area contributed by atoms with Gasteiger partial charge >= 0.3 is 0 Å². The third-order valence-corrected chi connectivity index (χ3v) is 3.88. The second-order valence-electron chi connectivity index (χ2n) is 4.26. The van der Waals surface area contributed by atoms with Crippen molar-refractivity contribution in [2.45, 2.75) is 6.42 Å². The number of hydrogen-bond acceptors (Lipinski definition) is 3. The molecule has 0 saturated heterocycles. The summed E-state index contributed by atoms with van der Waals surface area (Å²) in [4.78, 5) is 13.3. The van der Waals surface area contributed by atoms with Crippen molar-refractivity contribution < 1.29 is 4.79 Å². The van der Waals surface area contributed by atoms with Crippen molar-refractivity contribution in [2.24, 2.45) is 0 Å². The second-order valence-corrected chi connectivity index (χ2v) is 5.29. The van der Waals surface area contributed by atoms with Crippen molar-refractivity contribution in [3.63, 3.8) is 0 Å². The number of carbonyl (C=O) groups excluding carboxylic acids is 1. The van der Waals surface area contributed by atoms with Crippen molar-refractivity contribution in [1.29, 1.82) is 0 Å². The first-order valence-electron chi connectivity index (χ1n) is 6.06. The van der Waals surface area contributed by atoms with Gasteiger partial charge in [0, 0.05) is 22.4 Å². The van der Waals surface area contributed by atoms with Crippen LogP contribution in [0.4, 0.5) is 0 Å². The quantitative estimate of drug-likeness (QED) is 0.766. The summed E-state index contributed by atoms with van der Waals surface area (Å²) >= 11 is 1.71. The Kier molecular flexibility index (Phi) is 3.29. The lowest BCUT2D eigenvalue weighted by molar-refractivity contribution is 0.0954. The number of benzene rings is 1. The molecule has 0 aliphatic heterocycles. The van der Waals surface area contributed by atoms with Crippen molar-refractivity contribution in [3.05, 3.63) is 52.3 Å². The lowest BCUT2D eigenvalue weighted by atomic mass is 10.1. The molecule has 0 spiro atoms. The van der Waals surface area contributed by atoms with Crippen LogP contribution in [-0.4, -0.2) is 22.6 Å². The van der Waals surface area contributed by atoms with Gasteiger partial charge in [-0.1, -0.05) is 12.1 Å². The number of rotatable bonds is 4. The lowest BCUT2D eigenvalue weighted by Crippen LogP contribution is -2.25. The maximum Gasteiger partial charge on any atom is 0.251 e. The maximum atomic E-state index is 12.0. The van der Waals surface area contributed by atoms with Gasteiger partial charge in [0.15, 0.2) is 0 Å². The average molecular weight is 271 g/mol. The third-order valence-electron chi connectivity index (χ3n) is 2.94. The van der Waals surface area contributed by atoms with Gasteiger partial charge in [-0.05, 0) is 30.0 Å². The molecule has 1 aromatic carbocycles. The third kappa shape index (κ3) is 2.66. The summed E-state index contributed by atoms with van der Waals surface area (Å²) in [5, 5.41) is 12.8. The standard InChI is InChI=1S/C14H13N3OS/c18-14(15-6-5-12-2-1-7-19-12)10-3-4-11-9-16-17-13(11)8-10/h1-4,7-9H,5-6H2,(H,15,18)(H,16,17). The van der Waals surface area contributed by atoms with E-state index in [2.05, 4.69) is 21.6 Å². The van der Waals surface area contributed by atoms with Crippen molar-refractivity contribution >= 4 is 28.1 Å². The van der Waals surface area contributed by atoms with Gasteiger partial charge in [0.25, 0.3) is 5.91 Å². The van der Waals surface area contributed by atoms with E-state index < -0.39 is 0 Å². The van der Waals surface area contributed by atoms with E-state index in [1.54, 1.807) is 17.5 Å². The fraction of sp³-hybridized carbons (Fsp3) is 0.143. The van der Waals surface area contributed by atoms with E-state index in [0.717, 1.165) is 17.3 Å². The number of H-pyrrole nitrogens is 1. The zero-order valence-corrected chi connectivity index (χ0v) is 11.0. The van der Waals surface area contributed by atoms with E-state index in [1.165, 1.54) is 4.88 Å². The molecule has 2 heterocycles. The largest absolute Gasteiger partial charge is 0.352 e. The first-order chi connectivity index (χ1) is 9.33. The number of aromatic amines is 1. The lowest BCUT2D eigenvalue weighted by Gasteiger charge is -2.04. The van der Waals surface area contributed by atoms with Crippen LogP contribution in [0.1, 0.15) is 15.2 Å². The monoisotopic (exact) mass is 271 g/mol. The summed E-state index contributed by atoms with van der Waals surface area (Å²) in [6.45, 7) is 0.653. The van der Waals surface area contributed by atoms with Gasteiger partial charge in [0.05, 0.1) is 11.7 Å². The van der Waals surface area contributed by atoms with Gasteiger partial charge in [0.2, 0.25) is 0 Å². The highest BCUT2D eigenvalue weighted by molar-refractivity contribution is 7.09. The summed E-state index contributed by atoms with van der Waals surface area (Å²) in [7, 11) is 0. The number of hydrogen-bond donors (Lipinski definition) is 2. The molecule has 19 heavy (non-hydrogen) atoms. The van der Waals surface area contributed by atoms with Crippen LogP contribution in [0, 0.1) is 0 Å². The highest BCUT2D eigenvalue weighted by Crippen LogP contribution is 2.13. The maximum absolute atomic E-state index is 12.0. The van der Waals surface area contributed by atoms with Crippen LogP contribution >= 0.6 is 11.3 Å². The molecule has 4 nitrogen and oxygen atoms in total. The summed E-state index contributed by atoms with van der Waals surface area (Å²) in [6.07, 6.45) is 2.61. The van der Waals surface area contributed by atoms with E-state index in [1.807, 2.05) is 29.6 Å². The molecular weight excluding hydrogens is 258 g/mol. The van der Waals surface area contributed by atoms with Gasteiger partial charge in [-0.15, -0.1) is 11.3 Å². The molecule has 0 bridgehead atoms. The molecule has 2 aromatic heterocycles. The average Bonchev–Trinajstić information content (AvgIpc) is 3.08. The summed E-state index contributed by atoms with van der Waals surface area (Å²) in [6, 6.07) is 9.63. The highest BCUT2D eigenvalue weighted by Gasteiger charge is 2.06. The second kappa shape index (κ2) is 5.24. The smallest absolute Gasteiger partial charge is 0.251 e. The SMILES string of the molecule is O=C(NCCc1cccs1)c1ccc2cn[nH]c2c1. The molecule has 3 rings (SSSR count). The molecule has 0 aliphatic rings. The van der Waals surface area contributed by atoms with Crippen LogP contribution in [0.15, 0.2) is 41.9 Å². The minimum Gasteiger partial charge on any atom is -0.352 e. The fourth-order valence-corrected chi connectivity index (χ4v) is 2.64. The highest BCUT2D eigenvalue weighted by atomic mass is 32.1. The van der Waals surface area contributed by atoms with Crippen molar-refractivity contribution in [2.75, 3.05) is 6.54 Å². The van der Waals surface area contributed by atoms with Gasteiger partial charge in [-0.2, -0.15) is 5.10 Å². The molecule has 3 aromatic rings. The summed E-state index contributed by atoms with van der Waals surface area (Å²) in [5.41, 5.74) is 1.54. The zero-order chi connectivity index (χ0) is 13.1. The van der Waals surface area contributed by atoms with Crippen molar-refractivity contribution in [3.8, 4) is 0 Å². The first-order valence-corrected chi connectivity index (χ1v) is 6.94. The molecule has 96 valence electrons. The van der Waals surface area contributed by atoms with Gasteiger partial charge in [-0.3, -0.25) is 9.89 Å². The molecule has 0 radical (unpaired) electrons. The minimum atomic E-state index is -0.0481. The van der Waals surface area contributed by atoms with Gasteiger partial charge < -0.3 is 5.32 Å². The molecule has 0 unspecified atom stereocenters. The molecular formula is C14H13N3OS. The summed E-state index contributed by atoms with van der Waals surface area (Å²) in [5.74, 6) is -0.0481. The molecule has 0 saturated carbocycles. The predicted octanol–water partition coefficient (Wildman–Crippen LogP) is 2.60.